The minimum absolute atomic E-state index is 0.341. The second-order valence-electron chi connectivity index (χ2n) is 7.88. The molecule has 0 bridgehead atoms. The summed E-state index contributed by atoms with van der Waals surface area (Å²) in [5.41, 5.74) is 0.984. The highest BCUT2D eigenvalue weighted by Gasteiger charge is 2.19. The van der Waals surface area contributed by atoms with Crippen molar-refractivity contribution < 1.29 is 28.5 Å². The normalized spacial score (nSPS) is 11.8. The molecule has 6 nitrogen and oxygen atoms in total. The van der Waals surface area contributed by atoms with Crippen LogP contribution in [0.3, 0.4) is 0 Å². The first kappa shape index (κ1) is 25.5. The van der Waals surface area contributed by atoms with Crippen molar-refractivity contribution in [3.05, 3.63) is 54.1 Å². The van der Waals surface area contributed by atoms with Crippen molar-refractivity contribution in [2.45, 2.75) is 46.1 Å². The predicted octanol–water partition coefficient (Wildman–Crippen LogP) is 5.08. The van der Waals surface area contributed by atoms with Crippen LogP contribution in [0.1, 0.15) is 39.2 Å². The third kappa shape index (κ3) is 9.60. The lowest BCUT2D eigenvalue weighted by atomic mass is 10.1. The molecule has 2 aromatic rings. The molecule has 176 valence electrons. The largest absolute Gasteiger partial charge is 0.494 e. The summed E-state index contributed by atoms with van der Waals surface area (Å²) in [6.07, 6.45) is 1.68. The fourth-order valence-corrected chi connectivity index (χ4v) is 2.92. The van der Waals surface area contributed by atoms with Crippen LogP contribution in [0, 0.1) is 5.92 Å². The summed E-state index contributed by atoms with van der Waals surface area (Å²) < 4.78 is 27.5. The van der Waals surface area contributed by atoms with Crippen LogP contribution in [0.5, 0.6) is 17.2 Å². The van der Waals surface area contributed by atoms with Gasteiger partial charge in [0.25, 0.3) is 0 Å². The van der Waals surface area contributed by atoms with Gasteiger partial charge in [0, 0.05) is 20.0 Å². The van der Waals surface area contributed by atoms with Crippen LogP contribution in [-0.4, -0.2) is 45.6 Å². The molecule has 0 unspecified atom stereocenters. The van der Waals surface area contributed by atoms with Crippen molar-refractivity contribution in [2.75, 3.05) is 33.5 Å². The van der Waals surface area contributed by atoms with Gasteiger partial charge in [-0.15, -0.1) is 0 Å². The summed E-state index contributed by atoms with van der Waals surface area (Å²) in [4.78, 5) is 11.8. The summed E-state index contributed by atoms with van der Waals surface area (Å²) in [6, 6.07) is 15.4. The zero-order chi connectivity index (χ0) is 23.2. The molecule has 32 heavy (non-hydrogen) atoms. The van der Waals surface area contributed by atoms with Gasteiger partial charge in [0.05, 0.1) is 26.4 Å². The van der Waals surface area contributed by atoms with Gasteiger partial charge in [-0.2, -0.15) is 0 Å². The molecule has 0 aromatic heterocycles. The third-order valence-corrected chi connectivity index (χ3v) is 4.79. The molecular weight excluding hydrogens is 408 g/mol. The van der Waals surface area contributed by atoms with E-state index in [1.165, 1.54) is 7.11 Å². The van der Waals surface area contributed by atoms with Crippen LogP contribution >= 0.6 is 0 Å². The molecule has 2 rings (SSSR count). The van der Waals surface area contributed by atoms with Gasteiger partial charge in [-0.1, -0.05) is 26.0 Å². The average Bonchev–Trinajstić information content (AvgIpc) is 2.79. The smallest absolute Gasteiger partial charge is 0.335 e. The number of benzene rings is 2. The minimum atomic E-state index is -0.598. The number of carbonyl (C=O) groups is 1. The van der Waals surface area contributed by atoms with Crippen LogP contribution in [-0.2, 0) is 20.7 Å². The van der Waals surface area contributed by atoms with E-state index in [4.69, 9.17) is 23.7 Å². The van der Waals surface area contributed by atoms with Crippen LogP contribution in [0.4, 0.5) is 0 Å². The van der Waals surface area contributed by atoms with Gasteiger partial charge in [0.1, 0.15) is 17.2 Å². The topological polar surface area (TPSA) is 63.2 Å². The Labute approximate surface area is 191 Å². The van der Waals surface area contributed by atoms with Gasteiger partial charge in [-0.05, 0) is 61.2 Å². The second kappa shape index (κ2) is 14.4. The van der Waals surface area contributed by atoms with Gasteiger partial charge < -0.3 is 23.7 Å². The van der Waals surface area contributed by atoms with Gasteiger partial charge in [-0.25, -0.2) is 4.79 Å². The first-order valence-corrected chi connectivity index (χ1v) is 11.3. The molecule has 0 radical (unpaired) electrons. The number of esters is 1. The highest BCUT2D eigenvalue weighted by atomic mass is 16.6. The maximum Gasteiger partial charge on any atom is 0.335 e. The molecule has 0 saturated heterocycles. The van der Waals surface area contributed by atoms with Crippen molar-refractivity contribution in [1.29, 1.82) is 0 Å². The maximum absolute atomic E-state index is 11.8. The fourth-order valence-electron chi connectivity index (χ4n) is 2.92. The summed E-state index contributed by atoms with van der Waals surface area (Å²) in [6.45, 7) is 8.35. The van der Waals surface area contributed by atoms with Gasteiger partial charge in [0.15, 0.2) is 6.10 Å². The molecule has 0 N–H and O–H groups in total. The van der Waals surface area contributed by atoms with Crippen molar-refractivity contribution >= 4 is 5.97 Å². The Bertz CT molecular complexity index is 770. The lowest BCUT2D eigenvalue weighted by molar-refractivity contribution is -0.154. The number of hydrogen-bond donors (Lipinski definition) is 0. The summed E-state index contributed by atoms with van der Waals surface area (Å²) in [5, 5.41) is 0. The molecule has 2 aromatic carbocycles. The van der Waals surface area contributed by atoms with E-state index in [0.29, 0.717) is 32.2 Å². The Hall–Kier alpha value is -2.73. The van der Waals surface area contributed by atoms with E-state index in [1.807, 2.05) is 48.5 Å². The predicted molar refractivity (Wildman–Crippen MR) is 125 cm³/mol. The number of hydrogen-bond acceptors (Lipinski definition) is 6. The zero-order valence-electron chi connectivity index (χ0n) is 19.7. The standard InChI is InChI=1S/C26H36O6/c1-5-29-26(27)25(28-4)19-21-7-9-22(10-8-21)30-16-6-17-31-23-11-13-24(14-12-23)32-18-15-20(2)3/h7-14,20,25H,5-6,15-19H2,1-4H3/t25-/m0/s1. The molecule has 0 fully saturated rings. The average molecular weight is 445 g/mol. The van der Waals surface area contributed by atoms with Crippen molar-refractivity contribution in [3.63, 3.8) is 0 Å². The Balaban J connectivity index is 1.65. The lowest BCUT2D eigenvalue weighted by Crippen LogP contribution is -2.27. The van der Waals surface area contributed by atoms with E-state index >= 15 is 0 Å². The molecule has 0 aliphatic heterocycles. The van der Waals surface area contributed by atoms with Crippen LogP contribution in [0.25, 0.3) is 0 Å². The van der Waals surface area contributed by atoms with Gasteiger partial charge >= 0.3 is 5.97 Å². The van der Waals surface area contributed by atoms with Gasteiger partial charge in [0.2, 0.25) is 0 Å². The Morgan fingerprint density at radius 2 is 1.31 bits per heavy atom. The van der Waals surface area contributed by atoms with E-state index < -0.39 is 6.10 Å². The van der Waals surface area contributed by atoms with E-state index in [0.717, 1.165) is 42.3 Å². The Morgan fingerprint density at radius 1 is 0.812 bits per heavy atom. The molecule has 6 heteroatoms. The fraction of sp³-hybridized carbons (Fsp3) is 0.500. The van der Waals surface area contributed by atoms with E-state index in [-0.39, 0.29) is 5.97 Å². The summed E-state index contributed by atoms with van der Waals surface area (Å²) in [7, 11) is 1.51. The van der Waals surface area contributed by atoms with Crippen LogP contribution in [0.15, 0.2) is 48.5 Å². The highest BCUT2D eigenvalue weighted by Crippen LogP contribution is 2.19. The van der Waals surface area contributed by atoms with E-state index in [1.54, 1.807) is 6.92 Å². The van der Waals surface area contributed by atoms with E-state index in [2.05, 4.69) is 13.8 Å². The van der Waals surface area contributed by atoms with Gasteiger partial charge in [-0.3, -0.25) is 0 Å². The van der Waals surface area contributed by atoms with E-state index in [9.17, 15) is 4.79 Å². The minimum Gasteiger partial charge on any atom is -0.494 e. The lowest BCUT2D eigenvalue weighted by Gasteiger charge is -2.14. The second-order valence-corrected chi connectivity index (χ2v) is 7.88. The molecule has 0 saturated carbocycles. The molecule has 0 aliphatic carbocycles. The summed E-state index contributed by atoms with van der Waals surface area (Å²) >= 11 is 0. The molecule has 0 aliphatic rings. The van der Waals surface area contributed by atoms with Crippen molar-refractivity contribution in [1.82, 2.24) is 0 Å². The number of rotatable bonds is 15. The SMILES string of the molecule is CCOC(=O)[C@H](Cc1ccc(OCCCOc2ccc(OCCC(C)C)cc2)cc1)OC. The van der Waals surface area contributed by atoms with Crippen LogP contribution < -0.4 is 14.2 Å². The molecule has 0 heterocycles. The molecule has 1 atom stereocenters. The highest BCUT2D eigenvalue weighted by molar-refractivity contribution is 5.75. The number of ether oxygens (including phenoxy) is 5. The summed E-state index contributed by atoms with van der Waals surface area (Å²) in [5.74, 6) is 2.76. The Kier molecular flexibility index (Phi) is 11.5. The van der Waals surface area contributed by atoms with Crippen molar-refractivity contribution in [2.24, 2.45) is 5.92 Å². The quantitative estimate of drug-likeness (QED) is 0.282. The third-order valence-electron chi connectivity index (χ3n) is 4.79. The molecular formula is C26H36O6. The monoisotopic (exact) mass is 444 g/mol. The zero-order valence-corrected chi connectivity index (χ0v) is 19.7. The first-order chi connectivity index (χ1) is 15.5. The maximum atomic E-state index is 11.8. The van der Waals surface area contributed by atoms with Crippen LogP contribution in [0.2, 0.25) is 0 Å². The van der Waals surface area contributed by atoms with Crippen molar-refractivity contribution in [3.8, 4) is 17.2 Å². The first-order valence-electron chi connectivity index (χ1n) is 11.3. The molecule has 0 spiro atoms. The molecule has 0 amide bonds. The number of methoxy groups -OCH3 is 1. The number of carbonyl (C=O) groups excluding carboxylic acids is 1. The Morgan fingerprint density at radius 3 is 1.78 bits per heavy atom.